The third-order valence-corrected chi connectivity index (χ3v) is 2.40. The normalized spacial score (nSPS) is 10.6. The Bertz CT molecular complexity index is 399. The molecule has 3 heteroatoms. The van der Waals surface area contributed by atoms with Gasteiger partial charge in [-0.25, -0.2) is 0 Å². The lowest BCUT2D eigenvalue weighted by atomic mass is 10.2. The van der Waals surface area contributed by atoms with Gasteiger partial charge in [0, 0.05) is 12.1 Å². The van der Waals surface area contributed by atoms with Crippen LogP contribution < -0.4 is 10.1 Å². The Kier molecular flexibility index (Phi) is 6.62. The molecular weight excluding hydrogens is 226 g/mol. The van der Waals surface area contributed by atoms with Crippen LogP contribution in [0, 0.1) is 0 Å². The lowest BCUT2D eigenvalue weighted by molar-refractivity contribution is 0.0954. The van der Waals surface area contributed by atoms with Gasteiger partial charge in [-0.1, -0.05) is 25.1 Å². The number of ether oxygens (including phenoxy) is 1. The van der Waals surface area contributed by atoms with E-state index >= 15 is 0 Å². The van der Waals surface area contributed by atoms with Gasteiger partial charge in [-0.3, -0.25) is 4.79 Å². The first-order valence-electron chi connectivity index (χ1n) is 6.40. The monoisotopic (exact) mass is 247 g/mol. The first-order chi connectivity index (χ1) is 8.77. The number of benzene rings is 1. The van der Waals surface area contributed by atoms with Gasteiger partial charge in [0.15, 0.2) is 0 Å². The molecule has 0 spiro atoms. The lowest BCUT2D eigenvalue weighted by Crippen LogP contribution is -2.24. The standard InChI is InChI=1S/C15H21NO2/c1-3-5-6-10-16-15(17)13-8-7-9-14(12-13)18-11-4-2/h3,5,7-9,12H,4,6,10-11H2,1-2H3,(H,16,17)/b5-3+. The summed E-state index contributed by atoms with van der Waals surface area (Å²) in [5, 5.41) is 2.87. The minimum atomic E-state index is -0.0542. The Morgan fingerprint density at radius 2 is 2.28 bits per heavy atom. The molecule has 0 bridgehead atoms. The highest BCUT2D eigenvalue weighted by Gasteiger charge is 2.05. The Balaban J connectivity index is 2.51. The molecule has 1 aromatic rings. The van der Waals surface area contributed by atoms with Crippen molar-refractivity contribution in [2.75, 3.05) is 13.2 Å². The predicted octanol–water partition coefficient (Wildman–Crippen LogP) is 3.17. The molecule has 0 fully saturated rings. The van der Waals surface area contributed by atoms with Gasteiger partial charge in [0.05, 0.1) is 6.61 Å². The number of allylic oxidation sites excluding steroid dienone is 1. The fourth-order valence-corrected chi connectivity index (χ4v) is 1.48. The number of carbonyl (C=O) groups excluding carboxylic acids is 1. The molecule has 0 radical (unpaired) electrons. The number of carbonyl (C=O) groups is 1. The number of rotatable bonds is 7. The van der Waals surface area contributed by atoms with Crippen LogP contribution in [0.4, 0.5) is 0 Å². The molecule has 0 saturated carbocycles. The third-order valence-electron chi connectivity index (χ3n) is 2.40. The molecule has 1 rings (SSSR count). The van der Waals surface area contributed by atoms with Crippen LogP contribution in [0.1, 0.15) is 37.0 Å². The van der Waals surface area contributed by atoms with Crippen molar-refractivity contribution in [3.8, 4) is 5.75 Å². The largest absolute Gasteiger partial charge is 0.494 e. The second-order valence-corrected chi connectivity index (χ2v) is 3.99. The van der Waals surface area contributed by atoms with Gasteiger partial charge in [-0.2, -0.15) is 0 Å². The Hall–Kier alpha value is -1.77. The summed E-state index contributed by atoms with van der Waals surface area (Å²) >= 11 is 0. The summed E-state index contributed by atoms with van der Waals surface area (Å²) in [5.74, 6) is 0.694. The molecule has 98 valence electrons. The van der Waals surface area contributed by atoms with Crippen LogP contribution in [0.5, 0.6) is 5.75 Å². The minimum Gasteiger partial charge on any atom is -0.494 e. The van der Waals surface area contributed by atoms with Crippen molar-refractivity contribution < 1.29 is 9.53 Å². The van der Waals surface area contributed by atoms with E-state index in [4.69, 9.17) is 4.74 Å². The predicted molar refractivity (Wildman–Crippen MR) is 74.0 cm³/mol. The minimum absolute atomic E-state index is 0.0542. The lowest BCUT2D eigenvalue weighted by Gasteiger charge is -2.07. The zero-order valence-corrected chi connectivity index (χ0v) is 11.1. The smallest absolute Gasteiger partial charge is 0.251 e. The molecule has 1 amide bonds. The Morgan fingerprint density at radius 1 is 1.44 bits per heavy atom. The summed E-state index contributed by atoms with van der Waals surface area (Å²) in [6.45, 7) is 5.35. The highest BCUT2D eigenvalue weighted by atomic mass is 16.5. The van der Waals surface area contributed by atoms with Crippen molar-refractivity contribution in [2.45, 2.75) is 26.7 Å². The van der Waals surface area contributed by atoms with Crippen LogP contribution in [0.25, 0.3) is 0 Å². The van der Waals surface area contributed by atoms with Gasteiger partial charge in [0.2, 0.25) is 0 Å². The number of hydrogen-bond acceptors (Lipinski definition) is 2. The van der Waals surface area contributed by atoms with E-state index < -0.39 is 0 Å². The highest BCUT2D eigenvalue weighted by Crippen LogP contribution is 2.13. The van der Waals surface area contributed by atoms with Gasteiger partial charge in [0.1, 0.15) is 5.75 Å². The van der Waals surface area contributed by atoms with Crippen molar-refractivity contribution in [2.24, 2.45) is 0 Å². The SMILES string of the molecule is C/C=C/CCNC(=O)c1cccc(OCCC)c1. The first-order valence-corrected chi connectivity index (χ1v) is 6.40. The summed E-state index contributed by atoms with van der Waals surface area (Å²) < 4.78 is 5.50. The van der Waals surface area contributed by atoms with E-state index in [0.717, 1.165) is 18.6 Å². The molecule has 0 saturated heterocycles. The topological polar surface area (TPSA) is 38.3 Å². The second kappa shape index (κ2) is 8.34. The summed E-state index contributed by atoms with van der Waals surface area (Å²) in [6.07, 6.45) is 5.82. The van der Waals surface area contributed by atoms with E-state index in [0.29, 0.717) is 18.7 Å². The first kappa shape index (κ1) is 14.3. The van der Waals surface area contributed by atoms with Gasteiger partial charge >= 0.3 is 0 Å². The molecule has 1 N–H and O–H groups in total. The maximum Gasteiger partial charge on any atom is 0.251 e. The van der Waals surface area contributed by atoms with E-state index in [1.54, 1.807) is 12.1 Å². The molecular formula is C15H21NO2. The molecule has 0 aliphatic carbocycles. The summed E-state index contributed by atoms with van der Waals surface area (Å²) in [6, 6.07) is 7.28. The molecule has 0 aliphatic rings. The Labute approximate surface area is 109 Å². The molecule has 18 heavy (non-hydrogen) atoms. The third kappa shape index (κ3) is 5.04. The van der Waals surface area contributed by atoms with E-state index in [-0.39, 0.29) is 5.91 Å². The average Bonchev–Trinajstić information content (AvgIpc) is 2.41. The van der Waals surface area contributed by atoms with Crippen LogP contribution in [0.15, 0.2) is 36.4 Å². The molecule has 3 nitrogen and oxygen atoms in total. The zero-order chi connectivity index (χ0) is 13.2. The number of amides is 1. The summed E-state index contributed by atoms with van der Waals surface area (Å²) in [4.78, 5) is 11.8. The summed E-state index contributed by atoms with van der Waals surface area (Å²) in [5.41, 5.74) is 0.643. The second-order valence-electron chi connectivity index (χ2n) is 3.99. The van der Waals surface area contributed by atoms with Crippen molar-refractivity contribution in [3.63, 3.8) is 0 Å². The van der Waals surface area contributed by atoms with Crippen molar-refractivity contribution in [1.29, 1.82) is 0 Å². The Morgan fingerprint density at radius 3 is 3.00 bits per heavy atom. The van der Waals surface area contributed by atoms with Crippen molar-refractivity contribution in [3.05, 3.63) is 42.0 Å². The maximum absolute atomic E-state index is 11.8. The van der Waals surface area contributed by atoms with E-state index in [1.165, 1.54) is 0 Å². The van der Waals surface area contributed by atoms with Crippen LogP contribution in [-0.2, 0) is 0 Å². The highest BCUT2D eigenvalue weighted by molar-refractivity contribution is 5.94. The van der Waals surface area contributed by atoms with E-state index in [2.05, 4.69) is 12.2 Å². The van der Waals surface area contributed by atoms with Crippen molar-refractivity contribution >= 4 is 5.91 Å². The number of nitrogens with one attached hydrogen (secondary N) is 1. The summed E-state index contributed by atoms with van der Waals surface area (Å²) in [7, 11) is 0. The molecule has 0 aliphatic heterocycles. The fraction of sp³-hybridized carbons (Fsp3) is 0.400. The zero-order valence-electron chi connectivity index (χ0n) is 11.1. The van der Waals surface area contributed by atoms with Gasteiger partial charge < -0.3 is 10.1 Å². The molecule has 1 aromatic carbocycles. The van der Waals surface area contributed by atoms with Crippen LogP contribution in [0.3, 0.4) is 0 Å². The van der Waals surface area contributed by atoms with Gasteiger partial charge in [-0.15, -0.1) is 0 Å². The van der Waals surface area contributed by atoms with Gasteiger partial charge in [0.25, 0.3) is 5.91 Å². The molecule has 0 atom stereocenters. The average molecular weight is 247 g/mol. The molecule has 0 aromatic heterocycles. The van der Waals surface area contributed by atoms with Crippen molar-refractivity contribution in [1.82, 2.24) is 5.32 Å². The number of hydrogen-bond donors (Lipinski definition) is 1. The molecule has 0 heterocycles. The fourth-order valence-electron chi connectivity index (χ4n) is 1.48. The van der Waals surface area contributed by atoms with Crippen LogP contribution in [-0.4, -0.2) is 19.1 Å². The van der Waals surface area contributed by atoms with Crippen LogP contribution >= 0.6 is 0 Å². The van der Waals surface area contributed by atoms with E-state index in [1.807, 2.05) is 31.2 Å². The molecule has 0 unspecified atom stereocenters. The quantitative estimate of drug-likeness (QED) is 0.593. The van der Waals surface area contributed by atoms with Crippen LogP contribution in [0.2, 0.25) is 0 Å². The maximum atomic E-state index is 11.8. The van der Waals surface area contributed by atoms with E-state index in [9.17, 15) is 4.79 Å². The van der Waals surface area contributed by atoms with Gasteiger partial charge in [-0.05, 0) is 38.0 Å².